The number of nitrogens with zero attached hydrogens (tertiary/aromatic N) is 4. The molecule has 8 nitrogen and oxygen atoms in total. The number of anilines is 1. The molecule has 0 aliphatic rings. The van der Waals surface area contributed by atoms with Crippen LogP contribution in [0.3, 0.4) is 0 Å². The lowest BCUT2D eigenvalue weighted by Gasteiger charge is -2.20. The largest absolute Gasteiger partial charge is 0.497 e. The fourth-order valence-electron chi connectivity index (χ4n) is 3.43. The topological polar surface area (TPSA) is 94.4 Å². The highest BCUT2D eigenvalue weighted by atomic mass is 32.2. The maximum atomic E-state index is 14.2. The van der Waals surface area contributed by atoms with Crippen molar-refractivity contribution in [1.82, 2.24) is 14.8 Å². The summed E-state index contributed by atoms with van der Waals surface area (Å²) in [6.45, 7) is 0.689. The van der Waals surface area contributed by atoms with Crippen LogP contribution in [-0.2, 0) is 21.2 Å². The second kappa shape index (κ2) is 10.3. The molecule has 0 saturated carbocycles. The number of carbonyl (C=O) groups is 1. The van der Waals surface area contributed by atoms with Gasteiger partial charge in [0.25, 0.3) is 0 Å². The van der Waals surface area contributed by atoms with E-state index in [0.717, 1.165) is 0 Å². The van der Waals surface area contributed by atoms with Crippen LogP contribution in [-0.4, -0.2) is 48.5 Å². The number of para-hydroxylation sites is 1. The maximum absolute atomic E-state index is 14.2. The Labute approximate surface area is 200 Å². The summed E-state index contributed by atoms with van der Waals surface area (Å²) in [5.41, 5.74) is 0.210. The van der Waals surface area contributed by atoms with Crippen molar-refractivity contribution in [3.05, 3.63) is 66.7 Å². The van der Waals surface area contributed by atoms with Gasteiger partial charge >= 0.3 is 0 Å². The average Bonchev–Trinajstić information content (AvgIpc) is 3.50. The lowest BCUT2D eigenvalue weighted by atomic mass is 10.3. The number of methoxy groups -OCH3 is 1. The molecule has 0 unspecified atom stereocenters. The highest BCUT2D eigenvalue weighted by molar-refractivity contribution is 7.91. The number of thiazole rings is 1. The SMILES string of the molecule is COc1ccc(S(=O)(=O)CCCC(=O)N(CCn2cccn2)c2nc3c(F)cccc3s2)cc1. The second-order valence-electron chi connectivity index (χ2n) is 7.50. The minimum atomic E-state index is -3.55. The monoisotopic (exact) mass is 502 g/mol. The van der Waals surface area contributed by atoms with Crippen molar-refractivity contribution < 1.29 is 22.3 Å². The van der Waals surface area contributed by atoms with Gasteiger partial charge in [-0.25, -0.2) is 17.8 Å². The molecule has 0 fully saturated rings. The summed E-state index contributed by atoms with van der Waals surface area (Å²) >= 11 is 1.22. The minimum Gasteiger partial charge on any atom is -0.497 e. The van der Waals surface area contributed by atoms with Gasteiger partial charge < -0.3 is 4.74 Å². The summed E-state index contributed by atoms with van der Waals surface area (Å²) in [6.07, 6.45) is 3.57. The number of amides is 1. The Hall–Kier alpha value is -3.31. The third-order valence-corrected chi connectivity index (χ3v) is 8.08. The van der Waals surface area contributed by atoms with Gasteiger partial charge in [-0.1, -0.05) is 17.4 Å². The van der Waals surface area contributed by atoms with Crippen LogP contribution in [0.1, 0.15) is 12.8 Å². The average molecular weight is 503 g/mol. The zero-order valence-corrected chi connectivity index (χ0v) is 20.1. The first-order valence-corrected chi connectivity index (χ1v) is 13.0. The fraction of sp³-hybridized carbons (Fsp3) is 0.261. The summed E-state index contributed by atoms with van der Waals surface area (Å²) in [7, 11) is -2.04. The summed E-state index contributed by atoms with van der Waals surface area (Å²) in [5.74, 6) is -0.345. The molecular formula is C23H23FN4O4S2. The first-order valence-electron chi connectivity index (χ1n) is 10.6. The molecule has 2 heterocycles. The van der Waals surface area contributed by atoms with Gasteiger partial charge in [-0.3, -0.25) is 14.4 Å². The van der Waals surface area contributed by atoms with Crippen molar-refractivity contribution in [2.45, 2.75) is 24.3 Å². The van der Waals surface area contributed by atoms with Gasteiger partial charge in [0, 0.05) is 25.4 Å². The summed E-state index contributed by atoms with van der Waals surface area (Å²) in [5, 5.41) is 4.52. The number of aromatic nitrogens is 3. The molecule has 4 rings (SSSR count). The molecule has 178 valence electrons. The number of hydrogen-bond acceptors (Lipinski definition) is 7. The second-order valence-corrected chi connectivity index (χ2v) is 10.6. The zero-order chi connectivity index (χ0) is 24.1. The Kier molecular flexibility index (Phi) is 7.23. The van der Waals surface area contributed by atoms with Crippen molar-refractivity contribution >= 4 is 42.4 Å². The summed E-state index contributed by atoms with van der Waals surface area (Å²) in [4.78, 5) is 19.1. The first-order chi connectivity index (χ1) is 16.4. The van der Waals surface area contributed by atoms with Crippen LogP contribution in [0.2, 0.25) is 0 Å². The van der Waals surface area contributed by atoms with E-state index in [2.05, 4.69) is 10.1 Å². The highest BCUT2D eigenvalue weighted by Gasteiger charge is 2.22. The van der Waals surface area contributed by atoms with E-state index in [0.29, 0.717) is 22.1 Å². The molecule has 4 aromatic rings. The van der Waals surface area contributed by atoms with Crippen molar-refractivity contribution in [3.8, 4) is 5.75 Å². The Morgan fingerprint density at radius 1 is 1.18 bits per heavy atom. The van der Waals surface area contributed by atoms with Gasteiger partial charge in [-0.2, -0.15) is 5.10 Å². The van der Waals surface area contributed by atoms with Crippen LogP contribution >= 0.6 is 11.3 Å². The van der Waals surface area contributed by atoms with Gasteiger partial charge in [0.1, 0.15) is 17.1 Å². The molecule has 34 heavy (non-hydrogen) atoms. The van der Waals surface area contributed by atoms with Crippen molar-refractivity contribution in [1.29, 1.82) is 0 Å². The molecule has 2 aromatic heterocycles. The van der Waals surface area contributed by atoms with E-state index in [9.17, 15) is 17.6 Å². The molecule has 0 aliphatic carbocycles. The fourth-order valence-corrected chi connectivity index (χ4v) is 5.76. The minimum absolute atomic E-state index is 0.00684. The first kappa shape index (κ1) is 23.8. The number of ether oxygens (including phenoxy) is 1. The molecular weight excluding hydrogens is 479 g/mol. The van der Waals surface area contributed by atoms with Crippen LogP contribution in [0.4, 0.5) is 9.52 Å². The molecule has 0 saturated heterocycles. The highest BCUT2D eigenvalue weighted by Crippen LogP contribution is 2.31. The van der Waals surface area contributed by atoms with Crippen molar-refractivity contribution in [2.75, 3.05) is 24.3 Å². The molecule has 0 bridgehead atoms. The van der Waals surface area contributed by atoms with E-state index in [1.807, 2.05) is 0 Å². The number of hydrogen-bond donors (Lipinski definition) is 0. The Morgan fingerprint density at radius 2 is 1.97 bits per heavy atom. The van der Waals surface area contributed by atoms with Crippen LogP contribution in [0.15, 0.2) is 65.8 Å². The Morgan fingerprint density at radius 3 is 2.65 bits per heavy atom. The summed E-state index contributed by atoms with van der Waals surface area (Å²) < 4.78 is 46.9. The van der Waals surface area contributed by atoms with E-state index in [1.54, 1.807) is 47.4 Å². The Balaban J connectivity index is 1.47. The molecule has 0 atom stereocenters. The van der Waals surface area contributed by atoms with Crippen LogP contribution in [0, 0.1) is 5.82 Å². The zero-order valence-electron chi connectivity index (χ0n) is 18.4. The number of sulfone groups is 1. The molecule has 0 spiro atoms. The standard InChI is InChI=1S/C23H23FN4O4S2/c1-32-17-8-10-18(11-9-17)34(30,31)16-3-7-21(29)28(15-14-27-13-4-12-25-27)23-26-22-19(24)5-2-6-20(22)33-23/h2,4-6,8-13H,3,7,14-16H2,1H3. The molecule has 0 N–H and O–H groups in total. The molecule has 1 amide bonds. The number of fused-ring (bicyclic) bond motifs is 1. The predicted molar refractivity (Wildman–Crippen MR) is 128 cm³/mol. The third-order valence-electron chi connectivity index (χ3n) is 5.22. The molecule has 11 heteroatoms. The predicted octanol–water partition coefficient (Wildman–Crippen LogP) is 3.93. The number of carbonyl (C=O) groups excluding carboxylic acids is 1. The maximum Gasteiger partial charge on any atom is 0.228 e. The van der Waals surface area contributed by atoms with Crippen LogP contribution in [0.25, 0.3) is 10.2 Å². The lowest BCUT2D eigenvalue weighted by Crippen LogP contribution is -2.34. The van der Waals surface area contributed by atoms with Gasteiger partial charge in [0.2, 0.25) is 5.91 Å². The van der Waals surface area contributed by atoms with Gasteiger partial charge in [0.05, 0.1) is 29.0 Å². The lowest BCUT2D eigenvalue weighted by molar-refractivity contribution is -0.118. The van der Waals surface area contributed by atoms with Gasteiger partial charge in [0.15, 0.2) is 15.0 Å². The van der Waals surface area contributed by atoms with Gasteiger partial charge in [-0.15, -0.1) is 0 Å². The Bertz CT molecular complexity index is 1370. The van der Waals surface area contributed by atoms with Crippen LogP contribution < -0.4 is 9.64 Å². The third kappa shape index (κ3) is 5.42. The number of halogens is 1. The molecule has 0 radical (unpaired) electrons. The van der Waals surface area contributed by atoms with E-state index in [1.165, 1.54) is 41.5 Å². The van der Waals surface area contributed by atoms with E-state index >= 15 is 0 Å². The van der Waals surface area contributed by atoms with Gasteiger partial charge in [-0.05, 0) is 48.9 Å². The van der Waals surface area contributed by atoms with Crippen molar-refractivity contribution in [2.24, 2.45) is 0 Å². The van der Waals surface area contributed by atoms with E-state index in [-0.39, 0.29) is 41.5 Å². The van der Waals surface area contributed by atoms with Crippen LogP contribution in [0.5, 0.6) is 5.75 Å². The van der Waals surface area contributed by atoms with Crippen molar-refractivity contribution in [3.63, 3.8) is 0 Å². The number of rotatable bonds is 10. The summed E-state index contributed by atoms with van der Waals surface area (Å²) in [6, 6.07) is 12.6. The van der Waals surface area contributed by atoms with E-state index in [4.69, 9.17) is 4.74 Å². The normalized spacial score (nSPS) is 11.6. The van der Waals surface area contributed by atoms with E-state index < -0.39 is 15.7 Å². The smallest absolute Gasteiger partial charge is 0.228 e. The number of benzene rings is 2. The molecule has 2 aromatic carbocycles. The molecule has 0 aliphatic heterocycles. The quantitative estimate of drug-likeness (QED) is 0.326.